The molecule has 4 nitrogen and oxygen atoms in total. The van der Waals surface area contributed by atoms with E-state index in [9.17, 15) is 4.79 Å². The van der Waals surface area contributed by atoms with Gasteiger partial charge in [-0.05, 0) is 40.2 Å². The molecule has 1 aromatic heterocycles. The lowest BCUT2D eigenvalue weighted by molar-refractivity contribution is 0.0697. The number of nitrogens with two attached hydrogens (primary N) is 1. The van der Waals surface area contributed by atoms with Crippen LogP contribution in [-0.4, -0.2) is 11.1 Å². The summed E-state index contributed by atoms with van der Waals surface area (Å²) in [5.74, 6) is -0.961. The van der Waals surface area contributed by atoms with Gasteiger partial charge in [-0.1, -0.05) is 0 Å². The summed E-state index contributed by atoms with van der Waals surface area (Å²) >= 11 is 5.00. The van der Waals surface area contributed by atoms with Crippen molar-refractivity contribution in [2.45, 2.75) is 6.54 Å². The van der Waals surface area contributed by atoms with Gasteiger partial charge >= 0.3 is 5.97 Å². The predicted molar refractivity (Wildman–Crippen MR) is 77.2 cm³/mol. The quantitative estimate of drug-likeness (QED) is 0.752. The van der Waals surface area contributed by atoms with Crippen molar-refractivity contribution in [3.63, 3.8) is 0 Å². The van der Waals surface area contributed by atoms with Crippen molar-refractivity contribution >= 4 is 44.6 Å². The minimum absolute atomic E-state index is 0.221. The smallest absolute Gasteiger partial charge is 0.335 e. The predicted octanol–water partition coefficient (Wildman–Crippen LogP) is 3.40. The van der Waals surface area contributed by atoms with Crippen molar-refractivity contribution < 1.29 is 9.90 Å². The van der Waals surface area contributed by atoms with Crippen LogP contribution in [0.25, 0.3) is 0 Å². The van der Waals surface area contributed by atoms with E-state index in [1.807, 2.05) is 11.4 Å². The fraction of sp³-hybridized carbons (Fsp3) is 0.0833. The Morgan fingerprint density at radius 1 is 1.44 bits per heavy atom. The zero-order valence-corrected chi connectivity index (χ0v) is 11.7. The average molecular weight is 327 g/mol. The first-order valence-corrected chi connectivity index (χ1v) is 6.83. The van der Waals surface area contributed by atoms with Crippen LogP contribution >= 0.6 is 27.3 Å². The molecule has 4 N–H and O–H groups in total. The highest BCUT2D eigenvalue weighted by molar-refractivity contribution is 9.10. The first kappa shape index (κ1) is 12.9. The van der Waals surface area contributed by atoms with Crippen LogP contribution in [0.4, 0.5) is 11.4 Å². The minimum atomic E-state index is -0.961. The molecule has 0 aliphatic rings. The molecular formula is C12H11BrN2O2S. The lowest BCUT2D eigenvalue weighted by Gasteiger charge is -2.09. The summed E-state index contributed by atoms with van der Waals surface area (Å²) < 4.78 is 1.04. The van der Waals surface area contributed by atoms with Crippen molar-refractivity contribution in [1.82, 2.24) is 0 Å². The Morgan fingerprint density at radius 2 is 2.22 bits per heavy atom. The molecule has 0 bridgehead atoms. The molecule has 0 saturated carbocycles. The highest BCUT2D eigenvalue weighted by Gasteiger charge is 2.07. The summed E-state index contributed by atoms with van der Waals surface area (Å²) in [5.41, 5.74) is 7.19. The second-order valence-electron chi connectivity index (χ2n) is 3.69. The number of hydrogen-bond acceptors (Lipinski definition) is 4. The highest BCUT2D eigenvalue weighted by atomic mass is 79.9. The first-order valence-electron chi connectivity index (χ1n) is 5.16. The second kappa shape index (κ2) is 5.41. The number of thiophene rings is 1. The van der Waals surface area contributed by atoms with Gasteiger partial charge < -0.3 is 16.2 Å². The largest absolute Gasteiger partial charge is 0.478 e. The molecule has 0 atom stereocenters. The van der Waals surface area contributed by atoms with E-state index in [2.05, 4.69) is 21.2 Å². The third kappa shape index (κ3) is 3.02. The Balaban J connectivity index is 2.13. The third-order valence-corrected chi connectivity index (χ3v) is 4.07. The summed E-state index contributed by atoms with van der Waals surface area (Å²) in [6.45, 7) is 0.615. The summed E-state index contributed by atoms with van der Waals surface area (Å²) in [6, 6.07) is 6.63. The average Bonchev–Trinajstić information content (AvgIpc) is 2.74. The molecule has 0 radical (unpaired) electrons. The standard InChI is InChI=1S/C12H11BrN2O2S/c13-8-4-9(18-6-8)5-15-11-3-7(12(16)17)1-2-10(11)14/h1-4,6,15H,5,14H2,(H,16,17). The molecule has 0 saturated heterocycles. The summed E-state index contributed by atoms with van der Waals surface area (Å²) in [5, 5.41) is 14.0. The maximum Gasteiger partial charge on any atom is 0.335 e. The van der Waals surface area contributed by atoms with Crippen LogP contribution in [0, 0.1) is 0 Å². The fourth-order valence-corrected chi connectivity index (χ4v) is 2.86. The van der Waals surface area contributed by atoms with Crippen molar-refractivity contribution in [2.75, 3.05) is 11.1 Å². The number of carboxylic acid groups (broad SMARTS) is 1. The zero-order valence-electron chi connectivity index (χ0n) is 9.31. The number of nitrogens with one attached hydrogen (secondary N) is 1. The van der Waals surface area contributed by atoms with Gasteiger partial charge in [-0.25, -0.2) is 4.79 Å². The summed E-state index contributed by atoms with van der Waals surface area (Å²) in [6.07, 6.45) is 0. The monoisotopic (exact) mass is 326 g/mol. The molecule has 2 aromatic rings. The molecule has 2 rings (SSSR count). The van der Waals surface area contributed by atoms with Gasteiger partial charge in [0.2, 0.25) is 0 Å². The Hall–Kier alpha value is -1.53. The molecular weight excluding hydrogens is 316 g/mol. The van der Waals surface area contributed by atoms with E-state index in [4.69, 9.17) is 10.8 Å². The van der Waals surface area contributed by atoms with E-state index >= 15 is 0 Å². The Labute approximate surface area is 117 Å². The lowest BCUT2D eigenvalue weighted by Crippen LogP contribution is -2.04. The molecule has 1 aromatic carbocycles. The SMILES string of the molecule is Nc1ccc(C(=O)O)cc1NCc1cc(Br)cs1. The van der Waals surface area contributed by atoms with Crippen LogP contribution in [0.2, 0.25) is 0 Å². The molecule has 1 heterocycles. The molecule has 0 amide bonds. The third-order valence-electron chi connectivity index (χ3n) is 2.38. The number of benzene rings is 1. The lowest BCUT2D eigenvalue weighted by atomic mass is 10.1. The second-order valence-corrected chi connectivity index (χ2v) is 5.60. The Bertz CT molecular complexity index is 583. The number of halogens is 1. The Morgan fingerprint density at radius 3 is 2.83 bits per heavy atom. The van der Waals surface area contributed by atoms with Crippen LogP contribution in [0.1, 0.15) is 15.2 Å². The molecule has 0 unspecified atom stereocenters. The van der Waals surface area contributed by atoms with Gasteiger partial charge in [-0.15, -0.1) is 11.3 Å². The van der Waals surface area contributed by atoms with Crippen molar-refractivity contribution in [3.05, 3.63) is 44.6 Å². The van der Waals surface area contributed by atoms with Gasteiger partial charge in [0, 0.05) is 21.3 Å². The molecule has 0 spiro atoms. The zero-order chi connectivity index (χ0) is 13.1. The molecule has 18 heavy (non-hydrogen) atoms. The van der Waals surface area contributed by atoms with Crippen molar-refractivity contribution in [3.8, 4) is 0 Å². The van der Waals surface area contributed by atoms with Gasteiger partial charge in [0.25, 0.3) is 0 Å². The Kier molecular flexibility index (Phi) is 3.88. The van der Waals surface area contributed by atoms with Crippen LogP contribution in [0.3, 0.4) is 0 Å². The number of rotatable bonds is 4. The number of anilines is 2. The maximum atomic E-state index is 10.9. The maximum absolute atomic E-state index is 10.9. The highest BCUT2D eigenvalue weighted by Crippen LogP contribution is 2.24. The van der Waals surface area contributed by atoms with E-state index in [1.165, 1.54) is 6.07 Å². The number of carboxylic acids is 1. The van der Waals surface area contributed by atoms with E-state index in [0.717, 1.165) is 9.35 Å². The van der Waals surface area contributed by atoms with Gasteiger partial charge in [0.1, 0.15) is 0 Å². The molecule has 0 aliphatic heterocycles. The minimum Gasteiger partial charge on any atom is -0.478 e. The summed E-state index contributed by atoms with van der Waals surface area (Å²) in [4.78, 5) is 12.0. The molecule has 94 valence electrons. The number of hydrogen-bond donors (Lipinski definition) is 3. The van der Waals surface area contributed by atoms with Gasteiger partial charge in [0.05, 0.1) is 16.9 Å². The number of carbonyl (C=O) groups is 1. The fourth-order valence-electron chi connectivity index (χ4n) is 1.47. The summed E-state index contributed by atoms with van der Waals surface area (Å²) in [7, 11) is 0. The normalized spacial score (nSPS) is 10.3. The molecule has 0 aliphatic carbocycles. The van der Waals surface area contributed by atoms with E-state index in [0.29, 0.717) is 17.9 Å². The molecule has 6 heteroatoms. The van der Waals surface area contributed by atoms with Crippen molar-refractivity contribution in [1.29, 1.82) is 0 Å². The number of aromatic carboxylic acids is 1. The van der Waals surface area contributed by atoms with E-state index in [-0.39, 0.29) is 5.56 Å². The van der Waals surface area contributed by atoms with E-state index < -0.39 is 5.97 Å². The van der Waals surface area contributed by atoms with Gasteiger partial charge in [-0.3, -0.25) is 0 Å². The topological polar surface area (TPSA) is 75.4 Å². The van der Waals surface area contributed by atoms with E-state index in [1.54, 1.807) is 23.5 Å². The van der Waals surface area contributed by atoms with Crippen LogP contribution in [0.15, 0.2) is 34.1 Å². The molecule has 0 fully saturated rings. The van der Waals surface area contributed by atoms with Gasteiger partial charge in [-0.2, -0.15) is 0 Å². The van der Waals surface area contributed by atoms with Crippen LogP contribution in [0.5, 0.6) is 0 Å². The van der Waals surface area contributed by atoms with Gasteiger partial charge in [0.15, 0.2) is 0 Å². The first-order chi connectivity index (χ1) is 8.56. The van der Waals surface area contributed by atoms with Crippen LogP contribution < -0.4 is 11.1 Å². The van der Waals surface area contributed by atoms with Crippen molar-refractivity contribution in [2.24, 2.45) is 0 Å². The van der Waals surface area contributed by atoms with Crippen LogP contribution in [-0.2, 0) is 6.54 Å². The number of nitrogen functional groups attached to an aromatic ring is 1.